The van der Waals surface area contributed by atoms with Crippen LogP contribution in [0.5, 0.6) is 23.0 Å². The van der Waals surface area contributed by atoms with Gasteiger partial charge in [0.05, 0.1) is 39.7 Å². The fourth-order valence-corrected chi connectivity index (χ4v) is 3.42. The molecule has 0 spiro atoms. The second kappa shape index (κ2) is 12.1. The molecule has 0 saturated carbocycles. The lowest BCUT2D eigenvalue weighted by atomic mass is 10.1. The number of aromatic carboxylic acids is 1. The van der Waals surface area contributed by atoms with E-state index in [1.807, 2.05) is 0 Å². The number of benzene rings is 3. The zero-order valence-electron chi connectivity index (χ0n) is 20.7. The van der Waals surface area contributed by atoms with E-state index in [0.717, 1.165) is 0 Å². The molecule has 3 aromatic carbocycles. The predicted octanol–water partition coefficient (Wildman–Crippen LogP) is 3.83. The summed E-state index contributed by atoms with van der Waals surface area (Å²) in [4.78, 5) is 37.8. The Balaban J connectivity index is 2.10. The van der Waals surface area contributed by atoms with Crippen molar-refractivity contribution in [1.82, 2.24) is 5.32 Å². The summed E-state index contributed by atoms with van der Waals surface area (Å²) in [5.74, 6) is -1.16. The quantitative estimate of drug-likeness (QED) is 0.354. The van der Waals surface area contributed by atoms with Crippen LogP contribution >= 0.6 is 0 Å². The second-order valence-corrected chi connectivity index (χ2v) is 7.50. The lowest BCUT2D eigenvalue weighted by molar-refractivity contribution is -0.113. The Morgan fingerprint density at radius 2 is 1.49 bits per heavy atom. The van der Waals surface area contributed by atoms with Crippen molar-refractivity contribution >= 4 is 29.5 Å². The van der Waals surface area contributed by atoms with Crippen molar-refractivity contribution in [3.05, 3.63) is 83.1 Å². The van der Waals surface area contributed by atoms with E-state index in [-0.39, 0.29) is 22.7 Å². The number of carboxylic acid groups (broad SMARTS) is 1. The molecule has 0 aliphatic heterocycles. The minimum absolute atomic E-state index is 0.0610. The summed E-state index contributed by atoms with van der Waals surface area (Å²) >= 11 is 0. The van der Waals surface area contributed by atoms with Crippen molar-refractivity contribution < 1.29 is 38.4 Å². The number of anilines is 1. The number of rotatable bonds is 10. The van der Waals surface area contributed by atoms with Crippen LogP contribution in [0.3, 0.4) is 0 Å². The van der Waals surface area contributed by atoms with E-state index in [0.29, 0.717) is 28.4 Å². The Hall–Kier alpha value is -4.99. The van der Waals surface area contributed by atoms with Crippen LogP contribution in [0.1, 0.15) is 26.3 Å². The van der Waals surface area contributed by atoms with E-state index in [1.54, 1.807) is 42.5 Å². The first-order valence-electron chi connectivity index (χ1n) is 10.9. The molecule has 3 N–H and O–H groups in total. The SMILES string of the molecule is COc1cc(C=C(NC(=O)c2ccccc2)C(=O)Nc2cc(C(=O)O)ccc2OC)c(OC)c(OC)c1. The standard InChI is InChI=1S/C27H26N2O8/c1-34-19-12-18(24(37-4)23(15-19)36-3)14-21(29-25(30)16-8-6-5-7-9-16)26(31)28-20-13-17(27(32)33)10-11-22(20)35-2/h5-15H,1-4H3,(H,28,31)(H,29,30)(H,32,33). The molecular weight excluding hydrogens is 480 g/mol. The highest BCUT2D eigenvalue weighted by molar-refractivity contribution is 6.11. The molecule has 2 amide bonds. The minimum atomic E-state index is -1.18. The average molecular weight is 507 g/mol. The zero-order chi connectivity index (χ0) is 26.9. The highest BCUT2D eigenvalue weighted by Gasteiger charge is 2.20. The number of ether oxygens (including phenoxy) is 4. The summed E-state index contributed by atoms with van der Waals surface area (Å²) in [5, 5.41) is 14.6. The van der Waals surface area contributed by atoms with Gasteiger partial charge in [-0.15, -0.1) is 0 Å². The van der Waals surface area contributed by atoms with Gasteiger partial charge >= 0.3 is 5.97 Å². The summed E-state index contributed by atoms with van der Waals surface area (Å²) in [6.07, 6.45) is 1.40. The minimum Gasteiger partial charge on any atom is -0.497 e. The van der Waals surface area contributed by atoms with E-state index in [1.165, 1.54) is 52.7 Å². The molecule has 192 valence electrons. The molecule has 0 unspecified atom stereocenters. The van der Waals surface area contributed by atoms with Gasteiger partial charge in [-0.25, -0.2) is 4.79 Å². The third kappa shape index (κ3) is 6.37. The Morgan fingerprint density at radius 3 is 2.08 bits per heavy atom. The number of amides is 2. The molecular formula is C27H26N2O8. The molecule has 0 saturated heterocycles. The van der Waals surface area contributed by atoms with Crippen LogP contribution in [-0.2, 0) is 4.79 Å². The van der Waals surface area contributed by atoms with Gasteiger partial charge in [-0.05, 0) is 42.5 Å². The Kier molecular flexibility index (Phi) is 8.71. The van der Waals surface area contributed by atoms with E-state index < -0.39 is 17.8 Å². The molecule has 0 aliphatic rings. The monoisotopic (exact) mass is 506 g/mol. The first-order valence-corrected chi connectivity index (χ1v) is 10.9. The molecule has 0 radical (unpaired) electrons. The molecule has 0 atom stereocenters. The smallest absolute Gasteiger partial charge is 0.335 e. The van der Waals surface area contributed by atoms with Gasteiger partial charge in [-0.3, -0.25) is 9.59 Å². The van der Waals surface area contributed by atoms with Crippen LogP contribution in [0.2, 0.25) is 0 Å². The summed E-state index contributed by atoms with van der Waals surface area (Å²) in [6.45, 7) is 0. The van der Waals surface area contributed by atoms with Crippen molar-refractivity contribution in [2.24, 2.45) is 0 Å². The molecule has 0 aromatic heterocycles. The van der Waals surface area contributed by atoms with Gasteiger partial charge in [0.25, 0.3) is 11.8 Å². The summed E-state index contributed by atoms with van der Waals surface area (Å²) in [5.41, 5.74) is 0.576. The number of carbonyl (C=O) groups excluding carboxylic acids is 2. The van der Waals surface area contributed by atoms with Crippen molar-refractivity contribution in [2.75, 3.05) is 33.8 Å². The van der Waals surface area contributed by atoms with Gasteiger partial charge in [0.15, 0.2) is 11.5 Å². The van der Waals surface area contributed by atoms with Crippen LogP contribution in [0.4, 0.5) is 5.69 Å². The van der Waals surface area contributed by atoms with Crippen molar-refractivity contribution in [1.29, 1.82) is 0 Å². The van der Waals surface area contributed by atoms with Crippen molar-refractivity contribution in [3.8, 4) is 23.0 Å². The molecule has 0 heterocycles. The van der Waals surface area contributed by atoms with Crippen LogP contribution in [0.15, 0.2) is 66.4 Å². The molecule has 0 fully saturated rings. The highest BCUT2D eigenvalue weighted by Crippen LogP contribution is 2.37. The largest absolute Gasteiger partial charge is 0.497 e. The van der Waals surface area contributed by atoms with Crippen molar-refractivity contribution in [3.63, 3.8) is 0 Å². The summed E-state index contributed by atoms with van der Waals surface area (Å²) < 4.78 is 21.4. The zero-order valence-corrected chi connectivity index (χ0v) is 20.7. The van der Waals surface area contributed by atoms with Crippen LogP contribution in [0, 0.1) is 0 Å². The van der Waals surface area contributed by atoms with Gasteiger partial charge in [0.1, 0.15) is 17.2 Å². The van der Waals surface area contributed by atoms with E-state index in [2.05, 4.69) is 10.6 Å². The van der Waals surface area contributed by atoms with Crippen molar-refractivity contribution in [2.45, 2.75) is 0 Å². The summed E-state index contributed by atoms with van der Waals surface area (Å²) in [7, 11) is 5.75. The number of hydrogen-bond acceptors (Lipinski definition) is 7. The lowest BCUT2D eigenvalue weighted by Gasteiger charge is -2.16. The summed E-state index contributed by atoms with van der Waals surface area (Å²) in [6, 6.07) is 15.6. The van der Waals surface area contributed by atoms with Gasteiger partial charge in [-0.1, -0.05) is 18.2 Å². The van der Waals surface area contributed by atoms with E-state index in [9.17, 15) is 19.5 Å². The van der Waals surface area contributed by atoms with Gasteiger partial charge in [0, 0.05) is 17.2 Å². The van der Waals surface area contributed by atoms with Gasteiger partial charge in [0.2, 0.25) is 0 Å². The molecule has 10 heteroatoms. The molecule has 0 aliphatic carbocycles. The Labute approximate surface area is 213 Å². The Morgan fingerprint density at radius 1 is 0.784 bits per heavy atom. The third-order valence-electron chi connectivity index (χ3n) is 5.24. The molecule has 3 rings (SSSR count). The third-order valence-corrected chi connectivity index (χ3v) is 5.24. The van der Waals surface area contributed by atoms with Crippen LogP contribution in [0.25, 0.3) is 6.08 Å². The number of carboxylic acids is 1. The normalized spacial score (nSPS) is 10.8. The fraction of sp³-hybridized carbons (Fsp3) is 0.148. The highest BCUT2D eigenvalue weighted by atomic mass is 16.5. The van der Waals surface area contributed by atoms with Crippen LogP contribution in [-0.4, -0.2) is 51.3 Å². The number of hydrogen-bond donors (Lipinski definition) is 3. The first-order chi connectivity index (χ1) is 17.8. The maximum absolute atomic E-state index is 13.4. The fourth-order valence-electron chi connectivity index (χ4n) is 3.42. The van der Waals surface area contributed by atoms with E-state index in [4.69, 9.17) is 18.9 Å². The topological polar surface area (TPSA) is 132 Å². The number of nitrogens with one attached hydrogen (secondary N) is 2. The second-order valence-electron chi connectivity index (χ2n) is 7.50. The van der Waals surface area contributed by atoms with Crippen LogP contribution < -0.4 is 29.6 Å². The van der Waals surface area contributed by atoms with Gasteiger partial charge < -0.3 is 34.7 Å². The van der Waals surface area contributed by atoms with E-state index >= 15 is 0 Å². The number of carbonyl (C=O) groups is 3. The molecule has 0 bridgehead atoms. The molecule has 10 nitrogen and oxygen atoms in total. The number of methoxy groups -OCH3 is 4. The maximum Gasteiger partial charge on any atom is 0.335 e. The van der Waals surface area contributed by atoms with Gasteiger partial charge in [-0.2, -0.15) is 0 Å². The molecule has 3 aromatic rings. The molecule has 37 heavy (non-hydrogen) atoms. The average Bonchev–Trinajstić information content (AvgIpc) is 2.92. The Bertz CT molecular complexity index is 1340. The maximum atomic E-state index is 13.4. The first kappa shape index (κ1) is 26.6. The lowest BCUT2D eigenvalue weighted by Crippen LogP contribution is -2.31. The predicted molar refractivity (Wildman–Crippen MR) is 137 cm³/mol.